The molecule has 0 saturated carbocycles. The summed E-state index contributed by atoms with van der Waals surface area (Å²) in [5.74, 6) is 0.747. The van der Waals surface area contributed by atoms with Crippen LogP contribution in [0.1, 0.15) is 45.1 Å². The van der Waals surface area contributed by atoms with E-state index in [0.717, 1.165) is 50.7 Å². The minimum Gasteiger partial charge on any atom is -0.383 e. The number of guanidine groups is 1. The van der Waals surface area contributed by atoms with E-state index in [9.17, 15) is 5.11 Å². The fraction of sp³-hybridized carbons (Fsp3) is 0.800. The maximum absolute atomic E-state index is 10.8. The average Bonchev–Trinajstić information content (AvgIpc) is 3.37. The second-order valence-corrected chi connectivity index (χ2v) is 8.26. The minimum absolute atomic E-state index is 0.136. The van der Waals surface area contributed by atoms with Crippen molar-refractivity contribution in [3.63, 3.8) is 0 Å². The lowest BCUT2D eigenvalue weighted by molar-refractivity contribution is -0.0164. The first-order valence-corrected chi connectivity index (χ1v) is 10.5. The molecule has 3 heterocycles. The Morgan fingerprint density at radius 1 is 1.32 bits per heavy atom. The first-order chi connectivity index (χ1) is 13.5. The lowest BCUT2D eigenvalue weighted by Crippen LogP contribution is -2.58. The van der Waals surface area contributed by atoms with Crippen LogP contribution in [0.2, 0.25) is 0 Å². The normalized spacial score (nSPS) is 22.8. The number of aliphatic imine (C=N–C) groups is 1. The number of nitrogens with one attached hydrogen (secondary N) is 2. The van der Waals surface area contributed by atoms with Gasteiger partial charge in [-0.3, -0.25) is 9.58 Å². The Bertz CT molecular complexity index is 645. The molecule has 1 unspecified atom stereocenters. The van der Waals surface area contributed by atoms with Crippen LogP contribution < -0.4 is 10.6 Å². The van der Waals surface area contributed by atoms with Crippen molar-refractivity contribution < 1.29 is 9.84 Å². The van der Waals surface area contributed by atoms with Gasteiger partial charge in [0.2, 0.25) is 0 Å². The van der Waals surface area contributed by atoms with Gasteiger partial charge in [-0.15, -0.1) is 0 Å². The summed E-state index contributed by atoms with van der Waals surface area (Å²) in [4.78, 5) is 7.31. The largest absolute Gasteiger partial charge is 0.383 e. The molecular weight excluding hydrogens is 356 g/mol. The number of aromatic nitrogens is 2. The van der Waals surface area contributed by atoms with Crippen LogP contribution in [0, 0.1) is 0 Å². The maximum atomic E-state index is 10.8. The van der Waals surface area contributed by atoms with E-state index in [1.54, 1.807) is 17.8 Å². The summed E-state index contributed by atoms with van der Waals surface area (Å²) in [6.07, 6.45) is 8.19. The molecule has 0 radical (unpaired) electrons. The first kappa shape index (κ1) is 21.1. The first-order valence-electron chi connectivity index (χ1n) is 10.5. The molecule has 1 atom stereocenters. The molecule has 3 N–H and O–H groups in total. The molecule has 8 nitrogen and oxygen atoms in total. The van der Waals surface area contributed by atoms with Crippen LogP contribution in [0.4, 0.5) is 0 Å². The highest BCUT2D eigenvalue weighted by Crippen LogP contribution is 2.30. The van der Waals surface area contributed by atoms with Crippen LogP contribution in [0.5, 0.6) is 0 Å². The Morgan fingerprint density at radius 2 is 2.04 bits per heavy atom. The average molecular weight is 393 g/mol. The summed E-state index contributed by atoms with van der Waals surface area (Å²) in [7, 11) is 1.85. The summed E-state index contributed by atoms with van der Waals surface area (Å²) in [6.45, 7) is 9.72. The molecule has 2 aliphatic rings. The van der Waals surface area contributed by atoms with Crippen molar-refractivity contribution >= 4 is 5.96 Å². The van der Waals surface area contributed by atoms with Gasteiger partial charge in [0.25, 0.3) is 0 Å². The van der Waals surface area contributed by atoms with Gasteiger partial charge in [0.15, 0.2) is 5.96 Å². The fourth-order valence-corrected chi connectivity index (χ4v) is 4.16. The number of aryl methyl sites for hydroxylation is 1. The number of hydrogen-bond donors (Lipinski definition) is 3. The van der Waals surface area contributed by atoms with E-state index >= 15 is 0 Å². The predicted molar refractivity (Wildman–Crippen MR) is 110 cm³/mol. The van der Waals surface area contributed by atoms with Crippen molar-refractivity contribution in [2.75, 3.05) is 45.9 Å². The minimum atomic E-state index is -1.05. The summed E-state index contributed by atoms with van der Waals surface area (Å²) < 4.78 is 7.34. The molecule has 3 rings (SSSR count). The summed E-state index contributed by atoms with van der Waals surface area (Å²) in [6, 6.07) is 0. The molecule has 2 aliphatic heterocycles. The second kappa shape index (κ2) is 9.24. The maximum Gasteiger partial charge on any atom is 0.191 e. The summed E-state index contributed by atoms with van der Waals surface area (Å²) in [5, 5.41) is 21.8. The zero-order valence-corrected chi connectivity index (χ0v) is 17.6. The molecule has 0 aliphatic carbocycles. The van der Waals surface area contributed by atoms with E-state index in [1.807, 2.05) is 13.2 Å². The number of rotatable bonds is 7. The van der Waals surface area contributed by atoms with Gasteiger partial charge in [0.1, 0.15) is 5.60 Å². The zero-order valence-electron chi connectivity index (χ0n) is 17.6. The van der Waals surface area contributed by atoms with Gasteiger partial charge in [-0.2, -0.15) is 5.10 Å². The van der Waals surface area contributed by atoms with Gasteiger partial charge >= 0.3 is 0 Å². The number of aliphatic hydroxyl groups is 1. The molecule has 8 heteroatoms. The van der Waals surface area contributed by atoms with Crippen LogP contribution in [0.25, 0.3) is 0 Å². The Hall–Kier alpha value is -1.64. The lowest BCUT2D eigenvalue weighted by Gasteiger charge is -2.45. The standard InChI is InChI=1S/C20H36N6O2/c1-4-21-18(22-15-19(2,27)17-13-24-25(3)14-17)23-16-20(7-11-28-12-8-20)26-9-5-6-10-26/h13-14,27H,4-12,15-16H2,1-3H3,(H2,21,22,23). The Morgan fingerprint density at radius 3 is 2.64 bits per heavy atom. The number of likely N-dealkylation sites (tertiary alicyclic amines) is 1. The second-order valence-electron chi connectivity index (χ2n) is 8.26. The topological polar surface area (TPSA) is 86.9 Å². The molecule has 0 spiro atoms. The molecule has 2 fully saturated rings. The Kier molecular flexibility index (Phi) is 6.95. The Labute approximate surface area is 168 Å². The molecule has 28 heavy (non-hydrogen) atoms. The third kappa shape index (κ3) is 5.04. The van der Waals surface area contributed by atoms with Crippen LogP contribution >= 0.6 is 0 Å². The smallest absolute Gasteiger partial charge is 0.191 e. The number of ether oxygens (including phenoxy) is 1. The summed E-state index contributed by atoms with van der Waals surface area (Å²) >= 11 is 0. The van der Waals surface area contributed by atoms with E-state index < -0.39 is 5.60 Å². The molecular formula is C20H36N6O2. The van der Waals surface area contributed by atoms with E-state index in [4.69, 9.17) is 4.74 Å². The molecule has 1 aromatic rings. The molecule has 0 bridgehead atoms. The van der Waals surface area contributed by atoms with Gasteiger partial charge in [-0.25, -0.2) is 4.99 Å². The van der Waals surface area contributed by atoms with Gasteiger partial charge in [-0.05, 0) is 52.6 Å². The SMILES string of the molecule is CCNC(=NCC(C)(O)c1cnn(C)c1)NCC1(N2CCCC2)CCOCC1. The molecule has 158 valence electrons. The zero-order chi connectivity index (χ0) is 20.0. The van der Waals surface area contributed by atoms with E-state index in [2.05, 4.69) is 32.5 Å². The predicted octanol–water partition coefficient (Wildman–Crippen LogP) is 0.828. The van der Waals surface area contributed by atoms with Gasteiger partial charge < -0.3 is 20.5 Å². The third-order valence-electron chi connectivity index (χ3n) is 6.00. The van der Waals surface area contributed by atoms with Gasteiger partial charge in [-0.1, -0.05) is 0 Å². The van der Waals surface area contributed by atoms with E-state index in [1.165, 1.54) is 25.9 Å². The summed E-state index contributed by atoms with van der Waals surface area (Å²) in [5.41, 5.74) is -0.147. The molecule has 2 saturated heterocycles. The molecule has 1 aromatic heterocycles. The van der Waals surface area contributed by atoms with Crippen molar-refractivity contribution in [3.8, 4) is 0 Å². The van der Waals surface area contributed by atoms with E-state index in [0.29, 0.717) is 0 Å². The van der Waals surface area contributed by atoms with Crippen molar-refractivity contribution in [2.45, 2.75) is 50.7 Å². The number of nitrogens with zero attached hydrogens (tertiary/aromatic N) is 4. The van der Waals surface area contributed by atoms with Crippen LogP contribution in [-0.4, -0.2) is 77.2 Å². The van der Waals surface area contributed by atoms with Crippen LogP contribution in [0.15, 0.2) is 17.4 Å². The Balaban J connectivity index is 1.66. The quantitative estimate of drug-likeness (QED) is 0.471. The third-order valence-corrected chi connectivity index (χ3v) is 6.00. The highest BCUT2D eigenvalue weighted by atomic mass is 16.5. The van der Waals surface area contributed by atoms with Crippen molar-refractivity contribution in [1.82, 2.24) is 25.3 Å². The lowest BCUT2D eigenvalue weighted by atomic mass is 9.88. The van der Waals surface area contributed by atoms with Crippen molar-refractivity contribution in [2.24, 2.45) is 12.0 Å². The monoisotopic (exact) mass is 392 g/mol. The van der Waals surface area contributed by atoms with Crippen LogP contribution in [0.3, 0.4) is 0 Å². The van der Waals surface area contributed by atoms with Crippen LogP contribution in [-0.2, 0) is 17.4 Å². The fourth-order valence-electron chi connectivity index (χ4n) is 4.16. The van der Waals surface area contributed by atoms with Crippen molar-refractivity contribution in [3.05, 3.63) is 18.0 Å². The number of hydrogen-bond acceptors (Lipinski definition) is 5. The van der Waals surface area contributed by atoms with E-state index in [-0.39, 0.29) is 12.1 Å². The molecule has 0 amide bonds. The van der Waals surface area contributed by atoms with Crippen molar-refractivity contribution in [1.29, 1.82) is 0 Å². The highest BCUT2D eigenvalue weighted by molar-refractivity contribution is 5.79. The molecule has 0 aromatic carbocycles. The van der Waals surface area contributed by atoms with Gasteiger partial charge in [0.05, 0.1) is 12.7 Å². The van der Waals surface area contributed by atoms with Gasteiger partial charge in [0, 0.05) is 50.7 Å². The highest BCUT2D eigenvalue weighted by Gasteiger charge is 2.39.